The van der Waals surface area contributed by atoms with Gasteiger partial charge >= 0.3 is 11.9 Å². The van der Waals surface area contributed by atoms with Gasteiger partial charge < -0.3 is 19.6 Å². The Morgan fingerprint density at radius 3 is 1.95 bits per heavy atom. The number of esters is 2. The van der Waals surface area contributed by atoms with Crippen LogP contribution >= 0.6 is 0 Å². The maximum absolute atomic E-state index is 12.2. The van der Waals surface area contributed by atoms with Crippen molar-refractivity contribution in [3.63, 3.8) is 0 Å². The summed E-state index contributed by atoms with van der Waals surface area (Å²) in [5.74, 6) is -2.22. The first kappa shape index (κ1) is 19.1. The Balaban J connectivity index is 5.27. The molecule has 1 amide bonds. The Hall–Kier alpha value is -1.92. The quantitative estimate of drug-likeness (QED) is 0.277. The van der Waals surface area contributed by atoms with Crippen LogP contribution in [0.3, 0.4) is 0 Å². The van der Waals surface area contributed by atoms with Crippen LogP contribution in [0.25, 0.3) is 0 Å². The maximum atomic E-state index is 12.2. The van der Waals surface area contributed by atoms with Crippen molar-refractivity contribution in [3.8, 4) is 0 Å². The van der Waals surface area contributed by atoms with Gasteiger partial charge in [0.2, 0.25) is 11.4 Å². The van der Waals surface area contributed by atoms with E-state index in [2.05, 4.69) is 5.32 Å². The van der Waals surface area contributed by atoms with Gasteiger partial charge in [-0.2, -0.15) is 0 Å². The van der Waals surface area contributed by atoms with Gasteiger partial charge in [-0.3, -0.25) is 4.79 Å². The highest BCUT2D eigenvalue weighted by molar-refractivity contribution is 6.07. The van der Waals surface area contributed by atoms with Crippen molar-refractivity contribution in [1.82, 2.24) is 5.32 Å². The lowest BCUT2D eigenvalue weighted by molar-refractivity contribution is -0.168. The van der Waals surface area contributed by atoms with E-state index in [1.54, 1.807) is 13.8 Å². The molecule has 0 bridgehead atoms. The normalized spacial score (nSPS) is 10.6. The first-order valence-electron chi connectivity index (χ1n) is 7.01. The lowest BCUT2D eigenvalue weighted by Gasteiger charge is -2.29. The first-order valence-corrected chi connectivity index (χ1v) is 7.01. The van der Waals surface area contributed by atoms with Crippen LogP contribution in [-0.4, -0.2) is 42.9 Å². The summed E-state index contributed by atoms with van der Waals surface area (Å²) in [7, 11) is 0. The molecule has 0 radical (unpaired) electrons. The number of hydrogen-bond acceptors (Lipinski definition) is 6. The Labute approximate surface area is 124 Å². The number of carbonyl (C=O) groups is 4. The zero-order chi connectivity index (χ0) is 16.3. The molecule has 0 aliphatic rings. The molecule has 120 valence electrons. The molecule has 7 nitrogen and oxygen atoms in total. The number of amides is 1. The predicted molar refractivity (Wildman–Crippen MR) is 74.3 cm³/mol. The molecule has 0 aliphatic heterocycles. The third-order valence-electron chi connectivity index (χ3n) is 2.76. The van der Waals surface area contributed by atoms with Gasteiger partial charge in [-0.05, 0) is 33.1 Å². The lowest BCUT2D eigenvalue weighted by atomic mass is 9.91. The van der Waals surface area contributed by atoms with Crippen molar-refractivity contribution in [2.45, 2.75) is 52.0 Å². The van der Waals surface area contributed by atoms with Crippen LogP contribution in [0.1, 0.15) is 46.5 Å². The molecule has 0 heterocycles. The van der Waals surface area contributed by atoms with Crippen molar-refractivity contribution in [1.29, 1.82) is 0 Å². The van der Waals surface area contributed by atoms with Gasteiger partial charge in [0, 0.05) is 13.3 Å². The summed E-state index contributed by atoms with van der Waals surface area (Å²) in [6.07, 6.45) is 2.01. The number of ether oxygens (including phenoxy) is 2. The molecule has 0 atom stereocenters. The second-order valence-corrected chi connectivity index (χ2v) is 4.44. The summed E-state index contributed by atoms with van der Waals surface area (Å²) in [4.78, 5) is 46.1. The fourth-order valence-electron chi connectivity index (χ4n) is 1.88. The molecule has 0 saturated heterocycles. The van der Waals surface area contributed by atoms with E-state index in [9.17, 15) is 19.2 Å². The van der Waals surface area contributed by atoms with Crippen LogP contribution in [-0.2, 0) is 28.7 Å². The van der Waals surface area contributed by atoms with Gasteiger partial charge in [0.1, 0.15) is 6.29 Å². The summed E-state index contributed by atoms with van der Waals surface area (Å²) in [5.41, 5.74) is -1.85. The van der Waals surface area contributed by atoms with Crippen molar-refractivity contribution >= 4 is 24.1 Å². The Kier molecular flexibility index (Phi) is 9.00. The number of aldehydes is 1. The summed E-state index contributed by atoms with van der Waals surface area (Å²) >= 11 is 0. The van der Waals surface area contributed by atoms with Gasteiger partial charge in [-0.15, -0.1) is 0 Å². The van der Waals surface area contributed by atoms with Crippen molar-refractivity contribution in [3.05, 3.63) is 0 Å². The predicted octanol–water partition coefficient (Wildman–Crippen LogP) is 0.747. The van der Waals surface area contributed by atoms with Crippen LogP contribution in [0.15, 0.2) is 0 Å². The van der Waals surface area contributed by atoms with Crippen LogP contribution in [0.5, 0.6) is 0 Å². The molecular formula is C14H23NO6. The van der Waals surface area contributed by atoms with E-state index in [-0.39, 0.29) is 19.6 Å². The largest absolute Gasteiger partial charge is 0.464 e. The van der Waals surface area contributed by atoms with Gasteiger partial charge in [0.25, 0.3) is 0 Å². The molecule has 0 rings (SSSR count). The highest BCUT2D eigenvalue weighted by atomic mass is 16.6. The van der Waals surface area contributed by atoms with Crippen LogP contribution in [0, 0.1) is 0 Å². The summed E-state index contributed by atoms with van der Waals surface area (Å²) < 4.78 is 9.82. The fraction of sp³-hybridized carbons (Fsp3) is 0.714. The summed E-state index contributed by atoms with van der Waals surface area (Å²) in [6, 6.07) is 0. The average Bonchev–Trinajstić information content (AvgIpc) is 2.42. The molecule has 1 N–H and O–H groups in total. The Morgan fingerprint density at radius 1 is 1.05 bits per heavy atom. The number of nitrogens with one attached hydrogen (secondary N) is 1. The average molecular weight is 301 g/mol. The minimum atomic E-state index is -1.85. The Morgan fingerprint density at radius 2 is 1.57 bits per heavy atom. The van der Waals surface area contributed by atoms with E-state index in [4.69, 9.17) is 9.47 Å². The molecule has 0 saturated carbocycles. The lowest BCUT2D eigenvalue weighted by Crippen LogP contribution is -2.61. The Bertz CT molecular complexity index is 362. The minimum absolute atomic E-state index is 0.0259. The number of carbonyl (C=O) groups excluding carboxylic acids is 4. The fourth-order valence-corrected chi connectivity index (χ4v) is 1.88. The smallest absolute Gasteiger partial charge is 0.343 e. The highest BCUT2D eigenvalue weighted by Gasteiger charge is 2.49. The van der Waals surface area contributed by atoms with Crippen molar-refractivity contribution in [2.24, 2.45) is 0 Å². The molecule has 7 heteroatoms. The molecule has 0 aliphatic carbocycles. The van der Waals surface area contributed by atoms with E-state index in [0.717, 1.165) is 6.29 Å². The monoisotopic (exact) mass is 301 g/mol. The molecule has 0 aromatic rings. The zero-order valence-corrected chi connectivity index (χ0v) is 12.8. The van der Waals surface area contributed by atoms with E-state index >= 15 is 0 Å². The van der Waals surface area contributed by atoms with Crippen LogP contribution in [0.2, 0.25) is 0 Å². The third-order valence-corrected chi connectivity index (χ3v) is 2.76. The molecule has 0 unspecified atom stereocenters. The summed E-state index contributed by atoms with van der Waals surface area (Å²) in [6.45, 7) is 4.57. The SMILES string of the molecule is CCOC(=O)C(CCCCC=O)(NC(C)=O)C(=O)OCC. The molecule has 21 heavy (non-hydrogen) atoms. The maximum Gasteiger partial charge on any atom is 0.343 e. The molecule has 0 fully saturated rings. The van der Waals surface area contributed by atoms with Gasteiger partial charge in [-0.1, -0.05) is 0 Å². The van der Waals surface area contributed by atoms with E-state index < -0.39 is 23.4 Å². The molecule has 0 aromatic carbocycles. The standard InChI is InChI=1S/C14H23NO6/c1-4-20-12(18)14(15-11(3)17,13(19)21-5-2)9-7-6-8-10-16/h10H,4-9H2,1-3H3,(H,15,17). The van der Waals surface area contributed by atoms with Crippen molar-refractivity contribution < 1.29 is 28.7 Å². The second-order valence-electron chi connectivity index (χ2n) is 4.44. The molecule has 0 aromatic heterocycles. The first-order chi connectivity index (χ1) is 9.94. The number of rotatable bonds is 10. The zero-order valence-electron chi connectivity index (χ0n) is 12.8. The van der Waals surface area contributed by atoms with Gasteiger partial charge in [-0.25, -0.2) is 9.59 Å². The number of unbranched alkanes of at least 4 members (excludes halogenated alkanes) is 2. The second kappa shape index (κ2) is 9.90. The van der Waals surface area contributed by atoms with E-state index in [0.29, 0.717) is 19.3 Å². The highest BCUT2D eigenvalue weighted by Crippen LogP contribution is 2.20. The minimum Gasteiger partial charge on any atom is -0.464 e. The van der Waals surface area contributed by atoms with Gasteiger partial charge in [0.05, 0.1) is 13.2 Å². The summed E-state index contributed by atoms with van der Waals surface area (Å²) in [5, 5.41) is 2.36. The van der Waals surface area contributed by atoms with E-state index in [1.807, 2.05) is 0 Å². The molecule has 0 spiro atoms. The topological polar surface area (TPSA) is 98.8 Å². The number of hydrogen-bond donors (Lipinski definition) is 1. The third kappa shape index (κ3) is 5.93. The van der Waals surface area contributed by atoms with E-state index in [1.165, 1.54) is 6.92 Å². The van der Waals surface area contributed by atoms with Gasteiger partial charge in [0.15, 0.2) is 0 Å². The van der Waals surface area contributed by atoms with Crippen LogP contribution < -0.4 is 5.32 Å². The van der Waals surface area contributed by atoms with Crippen LogP contribution in [0.4, 0.5) is 0 Å². The molecular weight excluding hydrogens is 278 g/mol. The van der Waals surface area contributed by atoms with Crippen molar-refractivity contribution in [2.75, 3.05) is 13.2 Å².